The normalized spacial score (nSPS) is 10.4. The fourth-order valence-electron chi connectivity index (χ4n) is 2.42. The average Bonchev–Trinajstić information content (AvgIpc) is 2.57. The van der Waals surface area contributed by atoms with Crippen molar-refractivity contribution in [1.82, 2.24) is 0 Å². The molecule has 1 aromatic rings. The third-order valence-corrected chi connectivity index (χ3v) is 3.74. The van der Waals surface area contributed by atoms with Crippen LogP contribution in [0.25, 0.3) is 0 Å². The fraction of sp³-hybridized carbons (Fsp3) is 0.600. The van der Waals surface area contributed by atoms with E-state index in [1.165, 1.54) is 6.42 Å². The number of carbonyl (C=O) groups excluding carboxylic acids is 2. The molecule has 0 heterocycles. The summed E-state index contributed by atoms with van der Waals surface area (Å²) < 4.78 is 10.6. The van der Waals surface area contributed by atoms with Gasteiger partial charge in [0.1, 0.15) is 5.75 Å². The lowest BCUT2D eigenvalue weighted by molar-refractivity contribution is -0.144. The Morgan fingerprint density at radius 2 is 1.62 bits per heavy atom. The van der Waals surface area contributed by atoms with E-state index in [0.29, 0.717) is 18.8 Å². The van der Waals surface area contributed by atoms with Gasteiger partial charge in [-0.2, -0.15) is 0 Å². The third-order valence-electron chi connectivity index (χ3n) is 3.74. The molecule has 0 unspecified atom stereocenters. The summed E-state index contributed by atoms with van der Waals surface area (Å²) in [7, 11) is 0. The molecule has 0 spiro atoms. The van der Waals surface area contributed by atoms with Crippen LogP contribution in [0.4, 0.5) is 0 Å². The van der Waals surface area contributed by atoms with Crippen molar-refractivity contribution >= 4 is 11.9 Å². The van der Waals surface area contributed by atoms with Gasteiger partial charge in [-0.1, -0.05) is 57.7 Å². The number of para-hydroxylation sites is 1. The molecule has 0 aromatic heterocycles. The molecule has 4 heteroatoms. The van der Waals surface area contributed by atoms with Crippen molar-refractivity contribution in [2.75, 3.05) is 6.61 Å². The largest absolute Gasteiger partial charge is 0.466 e. The summed E-state index contributed by atoms with van der Waals surface area (Å²) in [6, 6.07) is 7.59. The molecule has 0 radical (unpaired) electrons. The molecule has 24 heavy (non-hydrogen) atoms. The zero-order valence-electron chi connectivity index (χ0n) is 15.0. The van der Waals surface area contributed by atoms with Gasteiger partial charge < -0.3 is 9.47 Å². The van der Waals surface area contributed by atoms with Gasteiger partial charge in [0.2, 0.25) is 0 Å². The van der Waals surface area contributed by atoms with Crippen LogP contribution in [-0.2, 0) is 20.7 Å². The summed E-state index contributed by atoms with van der Waals surface area (Å²) in [6.07, 6.45) is 7.17. The number of hydrogen-bond donors (Lipinski definition) is 0. The number of aryl methyl sites for hydroxylation is 1. The molecule has 0 aliphatic heterocycles. The molecule has 0 bridgehead atoms. The van der Waals surface area contributed by atoms with E-state index in [1.807, 2.05) is 24.3 Å². The molecule has 0 N–H and O–H groups in total. The monoisotopic (exact) mass is 334 g/mol. The smallest absolute Gasteiger partial charge is 0.311 e. The summed E-state index contributed by atoms with van der Waals surface area (Å²) in [5.74, 6) is 0.0998. The second-order valence-corrected chi connectivity index (χ2v) is 5.97. The first-order valence-corrected chi connectivity index (χ1v) is 9.11. The van der Waals surface area contributed by atoms with Gasteiger partial charge in [0.05, 0.1) is 6.61 Å². The summed E-state index contributed by atoms with van der Waals surface area (Å²) in [4.78, 5) is 23.5. The number of esters is 2. The molecular formula is C20H30O4. The van der Waals surface area contributed by atoms with Gasteiger partial charge in [0, 0.05) is 12.8 Å². The Balaban J connectivity index is 2.21. The summed E-state index contributed by atoms with van der Waals surface area (Å²) in [5.41, 5.74) is 1.04. The van der Waals surface area contributed by atoms with E-state index < -0.39 is 0 Å². The molecule has 0 amide bonds. The van der Waals surface area contributed by atoms with Crippen LogP contribution >= 0.6 is 0 Å². The molecule has 4 nitrogen and oxygen atoms in total. The summed E-state index contributed by atoms with van der Waals surface area (Å²) >= 11 is 0. The quantitative estimate of drug-likeness (QED) is 0.312. The number of rotatable bonds is 12. The van der Waals surface area contributed by atoms with Crippen LogP contribution in [0.2, 0.25) is 0 Å². The topological polar surface area (TPSA) is 52.6 Å². The third kappa shape index (κ3) is 8.70. The van der Waals surface area contributed by atoms with Crippen LogP contribution in [-0.4, -0.2) is 18.5 Å². The van der Waals surface area contributed by atoms with Crippen molar-refractivity contribution < 1.29 is 19.1 Å². The van der Waals surface area contributed by atoms with E-state index in [4.69, 9.17) is 9.47 Å². The highest BCUT2D eigenvalue weighted by atomic mass is 16.5. The van der Waals surface area contributed by atoms with Gasteiger partial charge in [0.15, 0.2) is 0 Å². The summed E-state index contributed by atoms with van der Waals surface area (Å²) in [5, 5.41) is 0. The predicted molar refractivity (Wildman–Crippen MR) is 95.0 cm³/mol. The first kappa shape index (κ1) is 20.2. The minimum atomic E-state index is -0.297. The van der Waals surface area contributed by atoms with Gasteiger partial charge in [-0.05, 0) is 30.9 Å². The van der Waals surface area contributed by atoms with Crippen LogP contribution in [0.3, 0.4) is 0 Å². The first-order chi connectivity index (χ1) is 11.7. The Bertz CT molecular complexity index is 496. The van der Waals surface area contributed by atoms with Crippen LogP contribution in [0.15, 0.2) is 24.3 Å². The first-order valence-electron chi connectivity index (χ1n) is 9.11. The Morgan fingerprint density at radius 1 is 0.875 bits per heavy atom. The van der Waals surface area contributed by atoms with Crippen molar-refractivity contribution in [3.8, 4) is 5.75 Å². The minimum Gasteiger partial charge on any atom is -0.466 e. The molecule has 134 valence electrons. The Kier molecular flexibility index (Phi) is 10.6. The molecule has 0 saturated heterocycles. The molecule has 0 aliphatic rings. The molecule has 0 saturated carbocycles. The van der Waals surface area contributed by atoms with Gasteiger partial charge in [-0.25, -0.2) is 0 Å². The molecule has 1 aromatic carbocycles. The Labute approximate surface area is 145 Å². The number of hydrogen-bond acceptors (Lipinski definition) is 4. The van der Waals surface area contributed by atoms with Crippen molar-refractivity contribution in [2.24, 2.45) is 0 Å². The van der Waals surface area contributed by atoms with Crippen molar-refractivity contribution in [3.63, 3.8) is 0 Å². The van der Waals surface area contributed by atoms with E-state index in [1.54, 1.807) is 0 Å². The molecular weight excluding hydrogens is 304 g/mol. The zero-order chi connectivity index (χ0) is 17.6. The van der Waals surface area contributed by atoms with E-state index in [0.717, 1.165) is 37.7 Å². The van der Waals surface area contributed by atoms with Crippen LogP contribution in [0.1, 0.15) is 70.8 Å². The molecule has 0 fully saturated rings. The minimum absolute atomic E-state index is 0.228. The SMILES string of the molecule is CCCCCCOC(=O)CCCC(=O)Oc1ccccc1CCC. The average molecular weight is 334 g/mol. The lowest BCUT2D eigenvalue weighted by atomic mass is 10.1. The summed E-state index contributed by atoms with van der Waals surface area (Å²) in [6.45, 7) is 4.71. The van der Waals surface area contributed by atoms with E-state index in [2.05, 4.69) is 13.8 Å². The van der Waals surface area contributed by atoms with Crippen LogP contribution in [0, 0.1) is 0 Å². The highest BCUT2D eigenvalue weighted by molar-refractivity contribution is 5.74. The maximum absolute atomic E-state index is 11.9. The second-order valence-electron chi connectivity index (χ2n) is 5.97. The molecule has 0 aliphatic carbocycles. The standard InChI is InChI=1S/C20H30O4/c1-3-5-6-9-16-23-19(21)14-10-15-20(22)24-18-13-8-7-12-17(18)11-4-2/h7-8,12-13H,3-6,9-11,14-16H2,1-2H3. The Morgan fingerprint density at radius 3 is 2.38 bits per heavy atom. The van der Waals surface area contributed by atoms with Crippen molar-refractivity contribution in [1.29, 1.82) is 0 Å². The predicted octanol–water partition coefficient (Wildman–Crippen LogP) is 4.84. The van der Waals surface area contributed by atoms with E-state index in [-0.39, 0.29) is 24.8 Å². The fourth-order valence-corrected chi connectivity index (χ4v) is 2.42. The van der Waals surface area contributed by atoms with Gasteiger partial charge in [0.25, 0.3) is 0 Å². The van der Waals surface area contributed by atoms with E-state index >= 15 is 0 Å². The second kappa shape index (κ2) is 12.6. The van der Waals surface area contributed by atoms with Gasteiger partial charge in [-0.3, -0.25) is 9.59 Å². The lowest BCUT2D eigenvalue weighted by Crippen LogP contribution is -2.11. The van der Waals surface area contributed by atoms with Gasteiger partial charge in [-0.15, -0.1) is 0 Å². The zero-order valence-corrected chi connectivity index (χ0v) is 15.0. The number of benzene rings is 1. The van der Waals surface area contributed by atoms with E-state index in [9.17, 15) is 9.59 Å². The van der Waals surface area contributed by atoms with Crippen LogP contribution < -0.4 is 4.74 Å². The number of unbranched alkanes of at least 4 members (excludes halogenated alkanes) is 3. The maximum Gasteiger partial charge on any atom is 0.311 e. The molecule has 1 rings (SSSR count). The highest BCUT2D eigenvalue weighted by Crippen LogP contribution is 2.20. The number of ether oxygens (including phenoxy) is 2. The van der Waals surface area contributed by atoms with Crippen molar-refractivity contribution in [2.45, 2.75) is 71.6 Å². The maximum atomic E-state index is 11.9. The van der Waals surface area contributed by atoms with Crippen LogP contribution in [0.5, 0.6) is 5.75 Å². The molecule has 0 atom stereocenters. The Hall–Kier alpha value is -1.84. The number of carbonyl (C=O) groups is 2. The van der Waals surface area contributed by atoms with Gasteiger partial charge >= 0.3 is 11.9 Å². The highest BCUT2D eigenvalue weighted by Gasteiger charge is 2.10. The lowest BCUT2D eigenvalue weighted by Gasteiger charge is -2.09. The van der Waals surface area contributed by atoms with Crippen molar-refractivity contribution in [3.05, 3.63) is 29.8 Å².